The van der Waals surface area contributed by atoms with Crippen LogP contribution in [-0.2, 0) is 14.4 Å². The average molecular weight is 324 g/mol. The van der Waals surface area contributed by atoms with E-state index in [4.69, 9.17) is 5.11 Å². The number of aliphatic carboxylic acids is 1. The van der Waals surface area contributed by atoms with Crippen molar-refractivity contribution >= 4 is 17.8 Å². The van der Waals surface area contributed by atoms with Gasteiger partial charge in [-0.2, -0.15) is 13.2 Å². The van der Waals surface area contributed by atoms with E-state index in [1.165, 1.54) is 0 Å². The third-order valence-corrected chi connectivity index (χ3v) is 3.28. The van der Waals surface area contributed by atoms with Gasteiger partial charge in [-0.1, -0.05) is 13.8 Å². The van der Waals surface area contributed by atoms with Gasteiger partial charge in [0.25, 0.3) is 0 Å². The Bertz CT molecular complexity index is 451. The molecular weight excluding hydrogens is 305 g/mol. The van der Waals surface area contributed by atoms with Crippen LogP contribution in [0.3, 0.4) is 0 Å². The zero-order chi connectivity index (χ0) is 17.1. The summed E-state index contributed by atoms with van der Waals surface area (Å²) in [5.74, 6) is -3.60. The fourth-order valence-electron chi connectivity index (χ4n) is 2.30. The number of amides is 2. The van der Waals surface area contributed by atoms with Crippen LogP contribution in [0.25, 0.3) is 0 Å². The SMILES string of the molecule is CC(C)C[C@H](NC(=O)[C@H]1CC(=O)N(CC(F)(F)F)C1)C(=O)O. The predicted molar refractivity (Wildman–Crippen MR) is 69.8 cm³/mol. The van der Waals surface area contributed by atoms with Crippen molar-refractivity contribution in [3.05, 3.63) is 0 Å². The molecule has 1 fully saturated rings. The quantitative estimate of drug-likeness (QED) is 0.763. The van der Waals surface area contributed by atoms with Gasteiger partial charge in [0.2, 0.25) is 11.8 Å². The lowest BCUT2D eigenvalue weighted by Crippen LogP contribution is -2.45. The van der Waals surface area contributed by atoms with E-state index in [0.29, 0.717) is 4.90 Å². The highest BCUT2D eigenvalue weighted by molar-refractivity contribution is 5.91. The lowest BCUT2D eigenvalue weighted by molar-refractivity contribution is -0.157. The van der Waals surface area contributed by atoms with Gasteiger partial charge in [-0.3, -0.25) is 9.59 Å². The number of rotatable bonds is 6. The molecule has 1 heterocycles. The summed E-state index contributed by atoms with van der Waals surface area (Å²) in [6.07, 6.45) is -4.66. The topological polar surface area (TPSA) is 86.7 Å². The second kappa shape index (κ2) is 6.97. The number of carbonyl (C=O) groups excluding carboxylic acids is 2. The lowest BCUT2D eigenvalue weighted by atomic mass is 10.0. The second-order valence-corrected chi connectivity index (χ2v) is 5.82. The van der Waals surface area contributed by atoms with Gasteiger partial charge in [-0.25, -0.2) is 4.79 Å². The van der Waals surface area contributed by atoms with E-state index < -0.39 is 42.5 Å². The molecule has 0 radical (unpaired) electrons. The van der Waals surface area contributed by atoms with Crippen molar-refractivity contribution in [3.63, 3.8) is 0 Å². The summed E-state index contributed by atoms with van der Waals surface area (Å²) in [6.45, 7) is 1.82. The molecule has 0 spiro atoms. The van der Waals surface area contributed by atoms with Crippen molar-refractivity contribution < 1.29 is 32.7 Å². The van der Waals surface area contributed by atoms with E-state index in [1.54, 1.807) is 13.8 Å². The van der Waals surface area contributed by atoms with E-state index >= 15 is 0 Å². The van der Waals surface area contributed by atoms with E-state index in [-0.39, 0.29) is 25.3 Å². The second-order valence-electron chi connectivity index (χ2n) is 5.82. The van der Waals surface area contributed by atoms with Gasteiger partial charge in [0, 0.05) is 13.0 Å². The third kappa shape index (κ3) is 5.53. The molecule has 2 N–H and O–H groups in total. The number of carbonyl (C=O) groups is 3. The fourth-order valence-corrected chi connectivity index (χ4v) is 2.30. The number of carboxylic acid groups (broad SMARTS) is 1. The van der Waals surface area contributed by atoms with Crippen LogP contribution in [0.1, 0.15) is 26.7 Å². The number of hydrogen-bond donors (Lipinski definition) is 2. The summed E-state index contributed by atoms with van der Waals surface area (Å²) in [6, 6.07) is -1.11. The van der Waals surface area contributed by atoms with E-state index in [9.17, 15) is 27.6 Å². The predicted octanol–water partition coefficient (Wildman–Crippen LogP) is 1.01. The van der Waals surface area contributed by atoms with Gasteiger partial charge >= 0.3 is 12.1 Å². The molecule has 0 aromatic carbocycles. The number of nitrogens with one attached hydrogen (secondary N) is 1. The van der Waals surface area contributed by atoms with Crippen LogP contribution >= 0.6 is 0 Å². The zero-order valence-corrected chi connectivity index (χ0v) is 12.3. The molecule has 1 saturated heterocycles. The normalized spacial score (nSPS) is 20.4. The molecule has 2 atom stereocenters. The molecule has 0 saturated carbocycles. The van der Waals surface area contributed by atoms with Gasteiger partial charge in [-0.15, -0.1) is 0 Å². The maximum Gasteiger partial charge on any atom is 0.406 e. The molecule has 0 unspecified atom stereocenters. The monoisotopic (exact) mass is 324 g/mol. The lowest BCUT2D eigenvalue weighted by Gasteiger charge is -2.20. The number of hydrogen-bond acceptors (Lipinski definition) is 3. The van der Waals surface area contributed by atoms with E-state index in [1.807, 2.05) is 0 Å². The van der Waals surface area contributed by atoms with Crippen LogP contribution in [0.15, 0.2) is 0 Å². The molecule has 9 heteroatoms. The smallest absolute Gasteiger partial charge is 0.406 e. The fraction of sp³-hybridized carbons (Fsp3) is 0.769. The average Bonchev–Trinajstić information content (AvgIpc) is 2.67. The summed E-state index contributed by atoms with van der Waals surface area (Å²) >= 11 is 0. The maximum atomic E-state index is 12.3. The van der Waals surface area contributed by atoms with Crippen LogP contribution in [0.5, 0.6) is 0 Å². The molecule has 6 nitrogen and oxygen atoms in total. The van der Waals surface area contributed by atoms with Gasteiger partial charge in [-0.05, 0) is 12.3 Å². The summed E-state index contributed by atoms with van der Waals surface area (Å²) < 4.78 is 36.9. The first kappa shape index (κ1) is 18.2. The number of halogens is 3. The van der Waals surface area contributed by atoms with E-state index in [0.717, 1.165) is 0 Å². The Hall–Kier alpha value is -1.80. The van der Waals surface area contributed by atoms with Gasteiger partial charge in [0.15, 0.2) is 0 Å². The highest BCUT2D eigenvalue weighted by atomic mass is 19.4. The Morgan fingerprint density at radius 2 is 2.00 bits per heavy atom. The van der Waals surface area contributed by atoms with Crippen molar-refractivity contribution in [2.45, 2.75) is 38.9 Å². The molecule has 1 aliphatic heterocycles. The van der Waals surface area contributed by atoms with Crippen molar-refractivity contribution in [3.8, 4) is 0 Å². The number of nitrogens with zero attached hydrogens (tertiary/aromatic N) is 1. The Morgan fingerprint density at radius 1 is 1.41 bits per heavy atom. The molecule has 1 aliphatic rings. The minimum Gasteiger partial charge on any atom is -0.480 e. The van der Waals surface area contributed by atoms with Crippen LogP contribution in [0.2, 0.25) is 0 Å². The van der Waals surface area contributed by atoms with Crippen LogP contribution < -0.4 is 5.32 Å². The van der Waals surface area contributed by atoms with Crippen molar-refractivity contribution in [2.75, 3.05) is 13.1 Å². The van der Waals surface area contributed by atoms with Crippen LogP contribution in [0, 0.1) is 11.8 Å². The van der Waals surface area contributed by atoms with Crippen LogP contribution in [0.4, 0.5) is 13.2 Å². The largest absolute Gasteiger partial charge is 0.480 e. The molecule has 2 amide bonds. The zero-order valence-electron chi connectivity index (χ0n) is 12.3. The first-order valence-corrected chi connectivity index (χ1v) is 6.87. The number of alkyl halides is 3. The summed E-state index contributed by atoms with van der Waals surface area (Å²) in [4.78, 5) is 35.1. The Labute approximate surface area is 125 Å². The minimum absolute atomic E-state index is 0.0216. The first-order chi connectivity index (χ1) is 9.99. The maximum absolute atomic E-state index is 12.3. The Kier molecular flexibility index (Phi) is 5.78. The summed E-state index contributed by atoms with van der Waals surface area (Å²) in [5, 5.41) is 11.3. The van der Waals surface area contributed by atoms with Gasteiger partial charge in [0.05, 0.1) is 5.92 Å². The minimum atomic E-state index is -4.53. The Morgan fingerprint density at radius 3 is 2.45 bits per heavy atom. The van der Waals surface area contributed by atoms with Gasteiger partial charge < -0.3 is 15.3 Å². The van der Waals surface area contributed by atoms with Crippen molar-refractivity contribution in [2.24, 2.45) is 11.8 Å². The highest BCUT2D eigenvalue weighted by Gasteiger charge is 2.41. The molecule has 0 bridgehead atoms. The summed E-state index contributed by atoms with van der Waals surface area (Å²) in [5.41, 5.74) is 0. The van der Waals surface area contributed by atoms with Crippen LogP contribution in [-0.4, -0.2) is 53.1 Å². The Balaban J connectivity index is 2.63. The number of likely N-dealkylation sites (tertiary alicyclic amines) is 1. The third-order valence-electron chi connectivity index (χ3n) is 3.28. The summed E-state index contributed by atoms with van der Waals surface area (Å²) in [7, 11) is 0. The van der Waals surface area contributed by atoms with E-state index in [2.05, 4.69) is 5.32 Å². The first-order valence-electron chi connectivity index (χ1n) is 6.87. The molecular formula is C13H19F3N2O4. The number of carboxylic acids is 1. The molecule has 0 aliphatic carbocycles. The molecule has 1 rings (SSSR count). The molecule has 22 heavy (non-hydrogen) atoms. The molecule has 126 valence electrons. The van der Waals surface area contributed by atoms with Crippen molar-refractivity contribution in [1.82, 2.24) is 10.2 Å². The highest BCUT2D eigenvalue weighted by Crippen LogP contribution is 2.24. The van der Waals surface area contributed by atoms with Crippen molar-refractivity contribution in [1.29, 1.82) is 0 Å². The standard InChI is InChI=1S/C13H19F3N2O4/c1-7(2)3-9(12(21)22)17-11(20)8-4-10(19)18(5-8)6-13(14,15)16/h7-9H,3-6H2,1-2H3,(H,17,20)(H,21,22)/t8-,9-/m0/s1. The molecule has 0 aromatic rings. The molecule has 0 aromatic heterocycles. The van der Waals surface area contributed by atoms with Gasteiger partial charge in [0.1, 0.15) is 12.6 Å².